The van der Waals surface area contributed by atoms with Gasteiger partial charge >= 0.3 is 6.18 Å². The minimum absolute atomic E-state index is 0.141. The summed E-state index contributed by atoms with van der Waals surface area (Å²) in [6.07, 6.45) is -2.42. The van der Waals surface area contributed by atoms with Crippen molar-refractivity contribution in [1.29, 1.82) is 0 Å². The van der Waals surface area contributed by atoms with Crippen LogP contribution in [0.5, 0.6) is 5.75 Å². The van der Waals surface area contributed by atoms with Crippen molar-refractivity contribution in [2.24, 2.45) is 0 Å². The minimum Gasteiger partial charge on any atom is -0.496 e. The Morgan fingerprint density at radius 3 is 2.71 bits per heavy atom. The summed E-state index contributed by atoms with van der Waals surface area (Å²) in [6.45, 7) is 0.548. The molecule has 2 aromatic heterocycles. The fourth-order valence-electron chi connectivity index (χ4n) is 3.15. The number of methoxy groups -OCH3 is 1. The molecule has 0 atom stereocenters. The molecule has 6 nitrogen and oxygen atoms in total. The molecule has 1 aromatic carbocycles. The molecule has 144 valence electrons. The van der Waals surface area contributed by atoms with Gasteiger partial charge in [-0.15, -0.1) is 0 Å². The molecule has 0 unspecified atom stereocenters. The molecule has 0 aliphatic carbocycles. The van der Waals surface area contributed by atoms with Gasteiger partial charge in [0.05, 0.1) is 29.6 Å². The Morgan fingerprint density at radius 1 is 1.18 bits per heavy atom. The van der Waals surface area contributed by atoms with Crippen molar-refractivity contribution in [3.05, 3.63) is 53.3 Å². The highest BCUT2D eigenvalue weighted by Crippen LogP contribution is 2.38. The number of fused-ring (bicyclic) bond motifs is 1. The number of hydrogen-bond donors (Lipinski definition) is 2. The number of aromatic amines is 1. The van der Waals surface area contributed by atoms with Gasteiger partial charge in [-0.1, -0.05) is 0 Å². The molecule has 4 rings (SSSR count). The van der Waals surface area contributed by atoms with Gasteiger partial charge in [0.1, 0.15) is 5.75 Å². The maximum atomic E-state index is 13.3. The van der Waals surface area contributed by atoms with Crippen LogP contribution >= 0.6 is 0 Å². The number of H-pyrrole nitrogens is 1. The summed E-state index contributed by atoms with van der Waals surface area (Å²) in [5.74, 6) is -0.291. The number of amides is 1. The molecule has 1 aliphatic heterocycles. The van der Waals surface area contributed by atoms with Gasteiger partial charge in [-0.25, -0.2) is 9.97 Å². The molecular weight excluding hydrogens is 373 g/mol. The van der Waals surface area contributed by atoms with E-state index in [0.717, 1.165) is 11.8 Å². The molecule has 2 N–H and O–H groups in total. The molecule has 0 spiro atoms. The molecule has 0 radical (unpaired) electrons. The Kier molecular flexibility index (Phi) is 4.29. The highest BCUT2D eigenvalue weighted by molar-refractivity contribution is 5.97. The first-order valence-electron chi connectivity index (χ1n) is 8.46. The lowest BCUT2D eigenvalue weighted by atomic mass is 10.1. The third-order valence-electron chi connectivity index (χ3n) is 4.50. The van der Waals surface area contributed by atoms with Crippen molar-refractivity contribution < 1.29 is 22.7 Å². The Labute approximate surface area is 157 Å². The van der Waals surface area contributed by atoms with Crippen LogP contribution in [-0.4, -0.2) is 34.5 Å². The maximum absolute atomic E-state index is 13.3. The van der Waals surface area contributed by atoms with E-state index in [0.29, 0.717) is 29.9 Å². The standard InChI is InChI=1S/C19H15F3N4O2/c1-28-16-3-2-10(8-12(16)19(20,21)22)17-23-6-5-14(26-17)15-9-11-13(25-15)4-7-24-18(11)27/h2-3,5-6,8-9,25H,4,7H2,1H3,(H,24,27). The van der Waals surface area contributed by atoms with Gasteiger partial charge in [-0.05, 0) is 30.3 Å². The van der Waals surface area contributed by atoms with Crippen LogP contribution in [0.15, 0.2) is 36.5 Å². The van der Waals surface area contributed by atoms with Crippen LogP contribution in [0.2, 0.25) is 0 Å². The second-order valence-corrected chi connectivity index (χ2v) is 6.26. The quantitative estimate of drug-likeness (QED) is 0.720. The largest absolute Gasteiger partial charge is 0.496 e. The SMILES string of the molecule is COc1ccc(-c2nccc(-c3cc4c([nH]3)CCNC4=O)n2)cc1C(F)(F)F. The molecule has 0 saturated heterocycles. The van der Waals surface area contributed by atoms with Crippen LogP contribution in [0.1, 0.15) is 21.6 Å². The van der Waals surface area contributed by atoms with Gasteiger partial charge in [0.25, 0.3) is 5.91 Å². The number of benzene rings is 1. The number of halogens is 3. The van der Waals surface area contributed by atoms with Gasteiger partial charge in [0, 0.05) is 30.4 Å². The van der Waals surface area contributed by atoms with E-state index < -0.39 is 11.7 Å². The van der Waals surface area contributed by atoms with E-state index in [2.05, 4.69) is 20.3 Å². The first-order chi connectivity index (χ1) is 13.4. The Hall–Kier alpha value is -3.36. The maximum Gasteiger partial charge on any atom is 0.419 e. The lowest BCUT2D eigenvalue weighted by Gasteiger charge is -2.13. The van der Waals surface area contributed by atoms with E-state index in [1.165, 1.54) is 25.4 Å². The van der Waals surface area contributed by atoms with Crippen LogP contribution in [0.25, 0.3) is 22.8 Å². The van der Waals surface area contributed by atoms with Crippen molar-refractivity contribution in [3.8, 4) is 28.5 Å². The molecule has 1 aliphatic rings. The normalized spacial score (nSPS) is 13.8. The van der Waals surface area contributed by atoms with Crippen LogP contribution < -0.4 is 10.1 Å². The average Bonchev–Trinajstić information content (AvgIpc) is 3.13. The summed E-state index contributed by atoms with van der Waals surface area (Å²) < 4.78 is 44.6. The van der Waals surface area contributed by atoms with Crippen molar-refractivity contribution in [2.75, 3.05) is 13.7 Å². The summed E-state index contributed by atoms with van der Waals surface area (Å²) in [4.78, 5) is 23.6. The Balaban J connectivity index is 1.75. The van der Waals surface area contributed by atoms with Crippen LogP contribution in [0.4, 0.5) is 13.2 Å². The number of nitrogens with one attached hydrogen (secondary N) is 2. The summed E-state index contributed by atoms with van der Waals surface area (Å²) in [6, 6.07) is 7.00. The third-order valence-corrected chi connectivity index (χ3v) is 4.50. The highest BCUT2D eigenvalue weighted by atomic mass is 19.4. The zero-order valence-corrected chi connectivity index (χ0v) is 14.7. The van der Waals surface area contributed by atoms with Gasteiger partial charge in [-0.3, -0.25) is 4.79 Å². The topological polar surface area (TPSA) is 79.9 Å². The van der Waals surface area contributed by atoms with Crippen molar-refractivity contribution in [3.63, 3.8) is 0 Å². The number of carbonyl (C=O) groups is 1. The number of ether oxygens (including phenoxy) is 1. The smallest absolute Gasteiger partial charge is 0.419 e. The summed E-state index contributed by atoms with van der Waals surface area (Å²) in [7, 11) is 1.19. The lowest BCUT2D eigenvalue weighted by molar-refractivity contribution is -0.138. The fraction of sp³-hybridized carbons (Fsp3) is 0.211. The molecular formula is C19H15F3N4O2. The molecule has 9 heteroatoms. The van der Waals surface area contributed by atoms with Gasteiger partial charge in [-0.2, -0.15) is 13.2 Å². The Morgan fingerprint density at radius 2 is 2.00 bits per heavy atom. The van der Waals surface area contributed by atoms with Gasteiger partial charge in [0.2, 0.25) is 0 Å². The second-order valence-electron chi connectivity index (χ2n) is 6.26. The molecule has 28 heavy (non-hydrogen) atoms. The number of nitrogens with zero attached hydrogens (tertiary/aromatic N) is 2. The van der Waals surface area contributed by atoms with Crippen molar-refractivity contribution in [2.45, 2.75) is 12.6 Å². The molecule has 0 bridgehead atoms. The summed E-state index contributed by atoms with van der Waals surface area (Å²) >= 11 is 0. The molecule has 3 aromatic rings. The average molecular weight is 388 g/mol. The number of alkyl halides is 3. The van der Waals surface area contributed by atoms with Crippen molar-refractivity contribution >= 4 is 5.91 Å². The summed E-state index contributed by atoms with van der Waals surface area (Å²) in [5, 5.41) is 2.76. The first-order valence-corrected chi connectivity index (χ1v) is 8.46. The number of rotatable bonds is 3. The molecule has 0 saturated carbocycles. The van der Waals surface area contributed by atoms with Gasteiger partial charge < -0.3 is 15.0 Å². The van der Waals surface area contributed by atoms with Crippen LogP contribution in [0, 0.1) is 0 Å². The van der Waals surface area contributed by atoms with E-state index in [1.807, 2.05) is 0 Å². The first kappa shape index (κ1) is 18.0. The Bertz CT molecular complexity index is 1060. The number of hydrogen-bond acceptors (Lipinski definition) is 4. The van der Waals surface area contributed by atoms with Crippen LogP contribution in [-0.2, 0) is 12.6 Å². The number of aromatic nitrogens is 3. The minimum atomic E-state index is -4.56. The van der Waals surface area contributed by atoms with Gasteiger partial charge in [0.15, 0.2) is 5.82 Å². The van der Waals surface area contributed by atoms with Crippen LogP contribution in [0.3, 0.4) is 0 Å². The van der Waals surface area contributed by atoms with E-state index in [9.17, 15) is 18.0 Å². The molecule has 0 fully saturated rings. The zero-order chi connectivity index (χ0) is 19.9. The van der Waals surface area contributed by atoms with E-state index in [4.69, 9.17) is 4.74 Å². The fourth-order valence-corrected chi connectivity index (χ4v) is 3.15. The molecule has 1 amide bonds. The zero-order valence-electron chi connectivity index (χ0n) is 14.7. The van der Waals surface area contributed by atoms with E-state index >= 15 is 0 Å². The highest BCUT2D eigenvalue weighted by Gasteiger charge is 2.34. The second kappa shape index (κ2) is 6.66. The predicted octanol–water partition coefficient (Wildman–Crippen LogP) is 3.45. The van der Waals surface area contributed by atoms with E-state index in [-0.39, 0.29) is 23.0 Å². The van der Waals surface area contributed by atoms with E-state index in [1.54, 1.807) is 12.1 Å². The predicted molar refractivity (Wildman–Crippen MR) is 94.8 cm³/mol. The molecule has 3 heterocycles. The monoisotopic (exact) mass is 388 g/mol. The summed E-state index contributed by atoms with van der Waals surface area (Å²) in [5.41, 5.74) is 1.76. The lowest BCUT2D eigenvalue weighted by Crippen LogP contribution is -2.31. The van der Waals surface area contributed by atoms with Crippen molar-refractivity contribution in [1.82, 2.24) is 20.3 Å². The number of carbonyl (C=O) groups excluding carboxylic acids is 1. The third kappa shape index (κ3) is 3.19.